The maximum atomic E-state index is 14.0. The zero-order valence-corrected chi connectivity index (χ0v) is 12.4. The van der Waals surface area contributed by atoms with Gasteiger partial charge in [0.2, 0.25) is 5.28 Å². The molecule has 1 N–H and O–H groups in total. The van der Waals surface area contributed by atoms with Crippen molar-refractivity contribution in [2.24, 2.45) is 0 Å². The van der Waals surface area contributed by atoms with Gasteiger partial charge in [-0.2, -0.15) is 4.98 Å². The summed E-state index contributed by atoms with van der Waals surface area (Å²) < 4.78 is 19.6. The van der Waals surface area contributed by atoms with Crippen LogP contribution in [0.3, 0.4) is 0 Å². The van der Waals surface area contributed by atoms with Gasteiger partial charge in [0.05, 0.1) is 11.0 Å². The number of aromatic nitrogens is 4. The number of rotatable bonds is 3. The molecule has 9 heteroatoms. The van der Waals surface area contributed by atoms with Gasteiger partial charge < -0.3 is 5.32 Å². The van der Waals surface area contributed by atoms with Gasteiger partial charge in [0.1, 0.15) is 5.52 Å². The van der Waals surface area contributed by atoms with Crippen molar-refractivity contribution in [2.45, 2.75) is 6.54 Å². The zero-order valence-electron chi connectivity index (χ0n) is 9.27. The molecule has 3 aromatic rings. The lowest BCUT2D eigenvalue weighted by Crippen LogP contribution is -2.05. The van der Waals surface area contributed by atoms with Gasteiger partial charge in [0.25, 0.3) is 0 Å². The molecule has 0 radical (unpaired) electrons. The Bertz CT molecular complexity index is 729. The van der Waals surface area contributed by atoms with Gasteiger partial charge in [-0.3, -0.25) is 0 Å². The molecular weight excluding hydrogens is 357 g/mol. The van der Waals surface area contributed by atoms with Crippen molar-refractivity contribution < 1.29 is 4.39 Å². The number of fused-ring (bicyclic) bond motifs is 1. The molecule has 3 heterocycles. The van der Waals surface area contributed by atoms with Crippen LogP contribution in [-0.2, 0) is 6.54 Å². The van der Waals surface area contributed by atoms with Crippen molar-refractivity contribution in [1.29, 1.82) is 0 Å². The van der Waals surface area contributed by atoms with Crippen LogP contribution in [0.15, 0.2) is 22.9 Å². The SMILES string of the molecule is Fc1c(Br)cn2nc(Cl)nc(NCc3ccns3)c12. The van der Waals surface area contributed by atoms with Crippen LogP contribution in [0.1, 0.15) is 4.88 Å². The molecular formula is C10H6BrClFN5S. The van der Waals surface area contributed by atoms with Crippen molar-refractivity contribution in [3.63, 3.8) is 0 Å². The highest BCUT2D eigenvalue weighted by Gasteiger charge is 2.16. The molecule has 5 nitrogen and oxygen atoms in total. The number of hydrogen-bond donors (Lipinski definition) is 1. The summed E-state index contributed by atoms with van der Waals surface area (Å²) in [4.78, 5) is 5.03. The quantitative estimate of drug-likeness (QED) is 0.776. The van der Waals surface area contributed by atoms with Crippen molar-refractivity contribution in [3.8, 4) is 0 Å². The summed E-state index contributed by atoms with van der Waals surface area (Å²) in [5, 5.41) is 7.00. The molecule has 3 aromatic heterocycles. The van der Waals surface area contributed by atoms with E-state index in [4.69, 9.17) is 11.6 Å². The molecule has 0 atom stereocenters. The van der Waals surface area contributed by atoms with E-state index >= 15 is 0 Å². The van der Waals surface area contributed by atoms with Crippen LogP contribution >= 0.6 is 39.1 Å². The molecule has 0 aliphatic rings. The lowest BCUT2D eigenvalue weighted by molar-refractivity contribution is 0.633. The summed E-state index contributed by atoms with van der Waals surface area (Å²) in [5.41, 5.74) is 0.251. The van der Waals surface area contributed by atoms with Crippen molar-refractivity contribution >= 4 is 50.4 Å². The predicted molar refractivity (Wildman–Crippen MR) is 75.1 cm³/mol. The van der Waals surface area contributed by atoms with Crippen molar-refractivity contribution in [1.82, 2.24) is 19.0 Å². The van der Waals surface area contributed by atoms with Crippen LogP contribution in [-0.4, -0.2) is 19.0 Å². The fraction of sp³-hybridized carbons (Fsp3) is 0.100. The molecule has 0 saturated carbocycles. The molecule has 0 aliphatic carbocycles. The maximum Gasteiger partial charge on any atom is 0.243 e. The molecule has 0 amide bonds. The fourth-order valence-corrected chi connectivity index (χ4v) is 2.68. The molecule has 0 saturated heterocycles. The molecule has 98 valence electrons. The predicted octanol–water partition coefficient (Wildman–Crippen LogP) is 3.35. The summed E-state index contributed by atoms with van der Waals surface area (Å²) in [7, 11) is 0. The smallest absolute Gasteiger partial charge is 0.243 e. The van der Waals surface area contributed by atoms with Crippen LogP contribution in [0.4, 0.5) is 10.2 Å². The Kier molecular flexibility index (Phi) is 3.38. The highest BCUT2D eigenvalue weighted by molar-refractivity contribution is 9.10. The minimum Gasteiger partial charge on any atom is -0.363 e. The third-order valence-electron chi connectivity index (χ3n) is 2.42. The lowest BCUT2D eigenvalue weighted by Gasteiger charge is -2.06. The Hall–Kier alpha value is -1.25. The van der Waals surface area contributed by atoms with Crippen LogP contribution in [0.5, 0.6) is 0 Å². The van der Waals surface area contributed by atoms with Gasteiger partial charge in [-0.25, -0.2) is 13.3 Å². The van der Waals surface area contributed by atoms with E-state index in [-0.39, 0.29) is 10.8 Å². The summed E-state index contributed by atoms with van der Waals surface area (Å²) in [6.07, 6.45) is 3.20. The second-order valence-corrected chi connectivity index (χ2v) is 5.76. The Morgan fingerprint density at radius 1 is 1.53 bits per heavy atom. The van der Waals surface area contributed by atoms with Gasteiger partial charge in [0.15, 0.2) is 11.6 Å². The number of nitrogens with zero attached hydrogens (tertiary/aromatic N) is 4. The average Bonchev–Trinajstić information content (AvgIpc) is 2.96. The molecule has 0 bridgehead atoms. The van der Waals surface area contributed by atoms with Gasteiger partial charge in [-0.1, -0.05) is 0 Å². The number of hydrogen-bond acceptors (Lipinski definition) is 5. The van der Waals surface area contributed by atoms with E-state index in [1.165, 1.54) is 22.2 Å². The Balaban J connectivity index is 2.01. The largest absolute Gasteiger partial charge is 0.363 e. The Morgan fingerprint density at radius 2 is 2.37 bits per heavy atom. The topological polar surface area (TPSA) is 55.1 Å². The first-order chi connectivity index (χ1) is 9.15. The van der Waals surface area contributed by atoms with E-state index in [9.17, 15) is 4.39 Å². The van der Waals surface area contributed by atoms with Crippen LogP contribution in [0.2, 0.25) is 5.28 Å². The number of anilines is 1. The molecule has 0 aliphatic heterocycles. The van der Waals surface area contributed by atoms with E-state index in [0.717, 1.165) is 4.88 Å². The highest BCUT2D eigenvalue weighted by atomic mass is 79.9. The second kappa shape index (κ2) is 5.03. The maximum absolute atomic E-state index is 14.0. The monoisotopic (exact) mass is 361 g/mol. The van der Waals surface area contributed by atoms with Crippen LogP contribution in [0, 0.1) is 5.82 Å². The third kappa shape index (κ3) is 2.43. The summed E-state index contributed by atoms with van der Waals surface area (Å²) in [6.45, 7) is 0.496. The van der Waals surface area contributed by atoms with Gasteiger partial charge in [-0.15, -0.1) is 5.10 Å². The minimum absolute atomic E-state index is 0.0433. The van der Waals surface area contributed by atoms with Gasteiger partial charge in [-0.05, 0) is 45.1 Å². The van der Waals surface area contributed by atoms with Gasteiger partial charge in [0, 0.05) is 17.3 Å². The Labute approximate surface area is 124 Å². The molecule has 3 rings (SSSR count). The molecule has 0 unspecified atom stereocenters. The first-order valence-corrected chi connectivity index (χ1v) is 7.13. The molecule has 0 fully saturated rings. The average molecular weight is 363 g/mol. The van der Waals surface area contributed by atoms with E-state index in [2.05, 4.69) is 35.7 Å². The summed E-state index contributed by atoms with van der Waals surface area (Å²) in [5.74, 6) is -0.0833. The summed E-state index contributed by atoms with van der Waals surface area (Å²) >= 11 is 10.3. The standard InChI is InChI=1S/C10H6BrClFN5S/c11-6-4-18-8(7(6)13)9(16-10(12)17-18)14-3-5-1-2-15-19-5/h1-2,4H,3H2,(H,14,16,17). The highest BCUT2D eigenvalue weighted by Crippen LogP contribution is 2.27. The number of halogens is 3. The Morgan fingerprint density at radius 3 is 3.11 bits per heavy atom. The van der Waals surface area contributed by atoms with Crippen LogP contribution < -0.4 is 5.32 Å². The molecule has 19 heavy (non-hydrogen) atoms. The van der Waals surface area contributed by atoms with E-state index in [0.29, 0.717) is 16.8 Å². The summed E-state index contributed by atoms with van der Waals surface area (Å²) in [6, 6.07) is 1.88. The normalized spacial score (nSPS) is 11.1. The molecule has 0 spiro atoms. The van der Waals surface area contributed by atoms with Gasteiger partial charge >= 0.3 is 0 Å². The zero-order chi connectivity index (χ0) is 13.4. The first-order valence-electron chi connectivity index (χ1n) is 5.18. The second-order valence-electron chi connectivity index (χ2n) is 3.65. The van der Waals surface area contributed by atoms with E-state index in [1.54, 1.807) is 6.20 Å². The third-order valence-corrected chi connectivity index (χ3v) is 3.88. The lowest BCUT2D eigenvalue weighted by atomic mass is 10.4. The molecule has 0 aromatic carbocycles. The van der Waals surface area contributed by atoms with Crippen molar-refractivity contribution in [2.75, 3.05) is 5.32 Å². The van der Waals surface area contributed by atoms with Crippen molar-refractivity contribution in [3.05, 3.63) is 38.9 Å². The van der Waals surface area contributed by atoms with Crippen LogP contribution in [0.25, 0.3) is 5.52 Å². The fourth-order valence-electron chi connectivity index (χ4n) is 1.62. The van der Waals surface area contributed by atoms with E-state index < -0.39 is 5.82 Å². The minimum atomic E-state index is -0.427. The number of nitrogens with one attached hydrogen (secondary N) is 1. The first kappa shape index (κ1) is 12.8. The van der Waals surface area contributed by atoms with E-state index in [1.807, 2.05) is 6.07 Å².